The molecule has 1 aliphatic heterocycles. The highest BCUT2D eigenvalue weighted by atomic mass is 32.2. The lowest BCUT2D eigenvalue weighted by molar-refractivity contribution is -0.121. The van der Waals surface area contributed by atoms with Gasteiger partial charge in [0.15, 0.2) is 5.17 Å². The summed E-state index contributed by atoms with van der Waals surface area (Å²) in [4.78, 5) is 20.0. The van der Waals surface area contributed by atoms with Crippen molar-refractivity contribution < 1.29 is 4.79 Å². The maximum Gasteiger partial charge on any atom is 0.266 e. The molecule has 4 aromatic carbocycles. The first-order valence-corrected chi connectivity index (χ1v) is 10.7. The Balaban J connectivity index is 1.63. The van der Waals surface area contributed by atoms with E-state index in [0.717, 1.165) is 22.0 Å². The van der Waals surface area contributed by atoms with Crippen LogP contribution < -0.4 is 0 Å². The van der Waals surface area contributed by atoms with Crippen molar-refractivity contribution in [2.24, 2.45) is 4.99 Å². The van der Waals surface area contributed by atoms with Crippen molar-refractivity contribution in [2.75, 3.05) is 7.05 Å². The number of likely N-dealkylation sites (N-methyl/N-ethyl adjacent to an activating group) is 1. The molecule has 0 aromatic heterocycles. The van der Waals surface area contributed by atoms with Gasteiger partial charge in [0.2, 0.25) is 0 Å². The van der Waals surface area contributed by atoms with Crippen LogP contribution in [0.25, 0.3) is 27.6 Å². The summed E-state index contributed by atoms with van der Waals surface area (Å²) in [6, 6.07) is 26.8. The molecule has 30 heavy (non-hydrogen) atoms. The second-order valence-electron chi connectivity index (χ2n) is 7.44. The lowest BCUT2D eigenvalue weighted by Crippen LogP contribution is -2.23. The number of carbonyl (C=O) groups is 1. The van der Waals surface area contributed by atoms with Gasteiger partial charge in [-0.2, -0.15) is 0 Å². The van der Waals surface area contributed by atoms with E-state index in [9.17, 15) is 4.79 Å². The molecule has 0 radical (unpaired) electrons. The second-order valence-corrected chi connectivity index (χ2v) is 8.45. The third-order valence-corrected chi connectivity index (χ3v) is 6.41. The van der Waals surface area contributed by atoms with Crippen molar-refractivity contribution in [2.45, 2.75) is 6.92 Å². The summed E-state index contributed by atoms with van der Waals surface area (Å²) < 4.78 is 0. The molecule has 1 amide bonds. The monoisotopic (exact) mass is 408 g/mol. The van der Waals surface area contributed by atoms with Gasteiger partial charge in [-0.25, -0.2) is 4.99 Å². The molecule has 4 aromatic rings. The predicted octanol–water partition coefficient (Wildman–Crippen LogP) is 6.54. The quantitative estimate of drug-likeness (QED) is 0.279. The number of aliphatic imine (C=N–C) groups is 1. The summed E-state index contributed by atoms with van der Waals surface area (Å²) in [6.07, 6.45) is 2.02. The SMILES string of the molecule is Cc1ccc(N=C2S/C(=C/c3c4ccccc4cc4ccccc34)C(=O)N2C)cc1. The molecule has 1 fully saturated rings. The van der Waals surface area contributed by atoms with E-state index in [4.69, 9.17) is 4.99 Å². The predicted molar refractivity (Wildman–Crippen MR) is 128 cm³/mol. The minimum atomic E-state index is -0.0251. The molecule has 3 nitrogen and oxygen atoms in total. The second kappa shape index (κ2) is 7.47. The van der Waals surface area contributed by atoms with E-state index in [-0.39, 0.29) is 5.91 Å². The van der Waals surface area contributed by atoms with Crippen molar-refractivity contribution in [3.63, 3.8) is 0 Å². The zero-order valence-electron chi connectivity index (χ0n) is 16.8. The van der Waals surface area contributed by atoms with E-state index >= 15 is 0 Å². The summed E-state index contributed by atoms with van der Waals surface area (Å²) in [5.74, 6) is -0.0251. The van der Waals surface area contributed by atoms with Gasteiger partial charge >= 0.3 is 0 Å². The van der Waals surface area contributed by atoms with Gasteiger partial charge in [-0.3, -0.25) is 9.69 Å². The Morgan fingerprint density at radius 1 is 0.867 bits per heavy atom. The lowest BCUT2D eigenvalue weighted by atomic mass is 9.96. The molecule has 4 heteroatoms. The number of hydrogen-bond donors (Lipinski definition) is 0. The number of carbonyl (C=O) groups excluding carboxylic acids is 1. The fraction of sp³-hybridized carbons (Fsp3) is 0.0769. The van der Waals surface area contributed by atoms with E-state index in [1.165, 1.54) is 28.1 Å². The van der Waals surface area contributed by atoms with Crippen molar-refractivity contribution in [1.82, 2.24) is 4.90 Å². The van der Waals surface area contributed by atoms with Crippen LogP contribution in [0.1, 0.15) is 11.1 Å². The normalized spacial score (nSPS) is 17.0. The van der Waals surface area contributed by atoms with Gasteiger partial charge in [-0.05, 0) is 70.1 Å². The highest BCUT2D eigenvalue weighted by Crippen LogP contribution is 2.36. The number of amidine groups is 1. The van der Waals surface area contributed by atoms with Gasteiger partial charge in [-0.15, -0.1) is 0 Å². The van der Waals surface area contributed by atoms with Crippen molar-refractivity contribution in [3.05, 3.63) is 94.9 Å². The fourth-order valence-electron chi connectivity index (χ4n) is 3.72. The fourth-order valence-corrected chi connectivity index (χ4v) is 4.69. The van der Waals surface area contributed by atoms with Crippen LogP contribution >= 0.6 is 11.8 Å². The highest BCUT2D eigenvalue weighted by Gasteiger charge is 2.30. The van der Waals surface area contributed by atoms with Crippen molar-refractivity contribution in [3.8, 4) is 0 Å². The number of benzene rings is 4. The molecule has 0 N–H and O–H groups in total. The first kappa shape index (κ1) is 18.6. The molecule has 0 aliphatic carbocycles. The minimum Gasteiger partial charge on any atom is -0.290 e. The molecule has 0 bridgehead atoms. The average molecular weight is 409 g/mol. The molecule has 5 rings (SSSR count). The Bertz CT molecular complexity index is 1300. The molecule has 1 heterocycles. The summed E-state index contributed by atoms with van der Waals surface area (Å²) in [6.45, 7) is 2.05. The lowest BCUT2D eigenvalue weighted by Gasteiger charge is -2.09. The van der Waals surface area contributed by atoms with Gasteiger partial charge in [0.1, 0.15) is 0 Å². The van der Waals surface area contributed by atoms with Crippen LogP contribution in [0, 0.1) is 6.92 Å². The largest absolute Gasteiger partial charge is 0.290 e. The molecule has 1 aliphatic rings. The summed E-state index contributed by atoms with van der Waals surface area (Å²) in [7, 11) is 1.78. The Kier molecular flexibility index (Phi) is 4.64. The van der Waals surface area contributed by atoms with Crippen LogP contribution in [-0.4, -0.2) is 23.0 Å². The van der Waals surface area contributed by atoms with Crippen LogP contribution in [0.15, 0.2) is 88.8 Å². The Hall–Kier alpha value is -3.37. The van der Waals surface area contributed by atoms with E-state index in [0.29, 0.717) is 10.1 Å². The third-order valence-electron chi connectivity index (χ3n) is 5.35. The van der Waals surface area contributed by atoms with Crippen molar-refractivity contribution in [1.29, 1.82) is 0 Å². The number of hydrogen-bond acceptors (Lipinski definition) is 3. The zero-order chi connectivity index (χ0) is 20.7. The number of rotatable bonds is 2. The van der Waals surface area contributed by atoms with Gasteiger partial charge in [0.05, 0.1) is 10.6 Å². The summed E-state index contributed by atoms with van der Waals surface area (Å²) >= 11 is 1.43. The van der Waals surface area contributed by atoms with Gasteiger partial charge < -0.3 is 0 Å². The maximum atomic E-state index is 13.0. The summed E-state index contributed by atoms with van der Waals surface area (Å²) in [5, 5.41) is 5.31. The highest BCUT2D eigenvalue weighted by molar-refractivity contribution is 8.18. The van der Waals surface area contributed by atoms with Crippen LogP contribution in [0.4, 0.5) is 5.69 Å². The average Bonchev–Trinajstić information content (AvgIpc) is 3.03. The molecule has 0 unspecified atom stereocenters. The van der Waals surface area contributed by atoms with Crippen LogP contribution in [0.5, 0.6) is 0 Å². The standard InChI is InChI=1S/C26H20N2OS/c1-17-11-13-20(14-12-17)27-26-28(2)25(29)24(30-26)16-23-21-9-5-3-7-18(21)15-19-8-4-6-10-22(19)23/h3-16H,1-2H3/b24-16+,27-26?. The summed E-state index contributed by atoms with van der Waals surface area (Å²) in [5.41, 5.74) is 3.11. The molecule has 0 spiro atoms. The smallest absolute Gasteiger partial charge is 0.266 e. The van der Waals surface area contributed by atoms with E-state index in [1.807, 2.05) is 61.5 Å². The van der Waals surface area contributed by atoms with E-state index < -0.39 is 0 Å². The van der Waals surface area contributed by atoms with Crippen molar-refractivity contribution >= 4 is 56.1 Å². The molecule has 146 valence electrons. The number of thioether (sulfide) groups is 1. The molecule has 0 saturated carbocycles. The Labute approximate surface area is 179 Å². The number of aryl methyl sites for hydroxylation is 1. The molecule has 1 saturated heterocycles. The van der Waals surface area contributed by atoms with Gasteiger partial charge in [0.25, 0.3) is 5.91 Å². The van der Waals surface area contributed by atoms with E-state index in [1.54, 1.807) is 11.9 Å². The van der Waals surface area contributed by atoms with Crippen LogP contribution in [-0.2, 0) is 4.79 Å². The Morgan fingerprint density at radius 2 is 1.47 bits per heavy atom. The number of amides is 1. The molecular formula is C26H20N2OS. The number of nitrogens with zero attached hydrogens (tertiary/aromatic N) is 2. The number of fused-ring (bicyclic) bond motifs is 2. The zero-order valence-corrected chi connectivity index (χ0v) is 17.6. The van der Waals surface area contributed by atoms with E-state index in [2.05, 4.69) is 30.3 Å². The Morgan fingerprint density at radius 3 is 2.10 bits per heavy atom. The van der Waals surface area contributed by atoms with Gasteiger partial charge in [0, 0.05) is 7.05 Å². The third kappa shape index (κ3) is 3.29. The topological polar surface area (TPSA) is 32.7 Å². The molecule has 0 atom stereocenters. The van der Waals surface area contributed by atoms with Gasteiger partial charge in [-0.1, -0.05) is 66.2 Å². The minimum absolute atomic E-state index is 0.0251. The maximum absolute atomic E-state index is 13.0. The first-order valence-electron chi connectivity index (χ1n) is 9.83. The first-order chi connectivity index (χ1) is 14.6. The molecular weight excluding hydrogens is 388 g/mol. The van der Waals surface area contributed by atoms with Crippen LogP contribution in [0.3, 0.4) is 0 Å². The van der Waals surface area contributed by atoms with Crippen LogP contribution in [0.2, 0.25) is 0 Å².